The average molecular weight is 443 g/mol. The molecule has 4 heteroatoms. The number of rotatable bonds is 26. The molecule has 0 fully saturated rings. The molecule has 0 spiro atoms. The summed E-state index contributed by atoms with van der Waals surface area (Å²) in [6, 6.07) is 0. The minimum absolute atomic E-state index is 0.356. The maximum atomic E-state index is 10.5. The zero-order valence-electron chi connectivity index (χ0n) is 20.5. The first kappa shape index (κ1) is 30.4. The minimum Gasteiger partial charge on any atom is -0.479 e. The van der Waals surface area contributed by atoms with Crippen molar-refractivity contribution in [2.45, 2.75) is 160 Å². The Labute approximate surface area is 193 Å². The Bertz CT molecular complexity index is 359. The van der Waals surface area contributed by atoms with Gasteiger partial charge < -0.3 is 15.3 Å². The van der Waals surface area contributed by atoms with E-state index in [-0.39, 0.29) is 0 Å². The first-order valence-electron chi connectivity index (χ1n) is 13.7. The second-order valence-corrected chi connectivity index (χ2v) is 9.50. The highest BCUT2D eigenvalue weighted by atomic mass is 16.4. The third-order valence-corrected chi connectivity index (χ3v) is 6.42. The van der Waals surface area contributed by atoms with E-state index in [1.54, 1.807) is 0 Å². The lowest BCUT2D eigenvalue weighted by atomic mass is 10.0. The van der Waals surface area contributed by atoms with Gasteiger partial charge in [0.05, 0.1) is 0 Å². The molecule has 0 aliphatic carbocycles. The van der Waals surface area contributed by atoms with E-state index < -0.39 is 12.1 Å². The van der Waals surface area contributed by atoms with E-state index in [1.807, 2.05) is 0 Å². The molecule has 0 heterocycles. The molecule has 0 amide bonds. The predicted molar refractivity (Wildman–Crippen MR) is 132 cm³/mol. The second kappa shape index (κ2) is 25.6. The van der Waals surface area contributed by atoms with Crippen molar-refractivity contribution in [3.8, 4) is 0 Å². The fourth-order valence-corrected chi connectivity index (χ4v) is 4.29. The number of hydrogen-bond donors (Lipinski definition) is 3. The molecule has 0 radical (unpaired) electrons. The molecule has 1 atom stereocenters. The predicted octanol–water partition coefficient (Wildman–Crippen LogP) is 7.79. The number of aliphatic carboxylic acids is 1. The molecule has 4 nitrogen and oxygen atoms in total. The maximum absolute atomic E-state index is 10.5. The standard InChI is InChI=1S/C27H54O4/c28-25-23-21-19-17-15-13-11-9-7-5-3-1-2-4-6-8-10-12-14-16-18-20-22-24-26(29)27(30)31/h26,28-29H,1-25H2,(H,30,31). The summed E-state index contributed by atoms with van der Waals surface area (Å²) in [6.45, 7) is 0.356. The van der Waals surface area contributed by atoms with Crippen LogP contribution >= 0.6 is 0 Å². The van der Waals surface area contributed by atoms with Gasteiger partial charge in [0.2, 0.25) is 0 Å². The number of carbonyl (C=O) groups is 1. The lowest BCUT2D eigenvalue weighted by Crippen LogP contribution is -2.18. The molecule has 0 rings (SSSR count). The topological polar surface area (TPSA) is 77.8 Å². The Kier molecular flexibility index (Phi) is 25.1. The van der Waals surface area contributed by atoms with Gasteiger partial charge in [-0.15, -0.1) is 0 Å². The lowest BCUT2D eigenvalue weighted by molar-refractivity contribution is -0.146. The summed E-state index contributed by atoms with van der Waals surface area (Å²) in [4.78, 5) is 10.5. The molecule has 0 bridgehead atoms. The van der Waals surface area contributed by atoms with Crippen molar-refractivity contribution < 1.29 is 20.1 Å². The van der Waals surface area contributed by atoms with Crippen molar-refractivity contribution in [3.05, 3.63) is 0 Å². The van der Waals surface area contributed by atoms with Crippen molar-refractivity contribution in [1.82, 2.24) is 0 Å². The van der Waals surface area contributed by atoms with Gasteiger partial charge in [0.15, 0.2) is 6.10 Å². The van der Waals surface area contributed by atoms with Crippen LogP contribution in [0.3, 0.4) is 0 Å². The Morgan fingerprint density at radius 3 is 0.903 bits per heavy atom. The van der Waals surface area contributed by atoms with Gasteiger partial charge in [0.25, 0.3) is 0 Å². The summed E-state index contributed by atoms with van der Waals surface area (Å²) >= 11 is 0. The molecule has 0 saturated carbocycles. The molecular weight excluding hydrogens is 388 g/mol. The highest BCUT2D eigenvalue weighted by Gasteiger charge is 2.11. The Hall–Kier alpha value is -0.610. The summed E-state index contributed by atoms with van der Waals surface area (Å²) in [6.07, 6.45) is 29.2. The van der Waals surface area contributed by atoms with E-state index in [9.17, 15) is 9.90 Å². The Balaban J connectivity index is 3.04. The van der Waals surface area contributed by atoms with Crippen molar-refractivity contribution in [3.63, 3.8) is 0 Å². The largest absolute Gasteiger partial charge is 0.479 e. The monoisotopic (exact) mass is 442 g/mol. The summed E-state index contributed by atoms with van der Waals surface area (Å²) in [7, 11) is 0. The number of carboxylic acids is 1. The van der Waals surface area contributed by atoms with Gasteiger partial charge in [0, 0.05) is 6.61 Å². The van der Waals surface area contributed by atoms with Gasteiger partial charge in [-0.3, -0.25) is 0 Å². The fraction of sp³-hybridized carbons (Fsp3) is 0.963. The quantitative estimate of drug-likeness (QED) is 0.119. The number of hydrogen-bond acceptors (Lipinski definition) is 3. The molecule has 0 aromatic heterocycles. The van der Waals surface area contributed by atoms with Crippen LogP contribution in [0.1, 0.15) is 154 Å². The maximum Gasteiger partial charge on any atom is 0.332 e. The van der Waals surface area contributed by atoms with Crippen LogP contribution in [0.4, 0.5) is 0 Å². The van der Waals surface area contributed by atoms with Crippen LogP contribution in [0.2, 0.25) is 0 Å². The van der Waals surface area contributed by atoms with E-state index in [0.29, 0.717) is 13.0 Å². The van der Waals surface area contributed by atoms with Crippen molar-refractivity contribution in [2.24, 2.45) is 0 Å². The molecule has 0 aromatic rings. The van der Waals surface area contributed by atoms with Gasteiger partial charge in [-0.2, -0.15) is 0 Å². The van der Waals surface area contributed by atoms with E-state index >= 15 is 0 Å². The molecule has 0 aliphatic heterocycles. The van der Waals surface area contributed by atoms with Gasteiger partial charge in [-0.05, 0) is 12.8 Å². The van der Waals surface area contributed by atoms with Crippen LogP contribution in [-0.4, -0.2) is 34.0 Å². The van der Waals surface area contributed by atoms with E-state index in [2.05, 4.69) is 0 Å². The highest BCUT2D eigenvalue weighted by molar-refractivity contribution is 5.71. The van der Waals surface area contributed by atoms with Crippen molar-refractivity contribution in [1.29, 1.82) is 0 Å². The molecule has 0 aliphatic rings. The van der Waals surface area contributed by atoms with Gasteiger partial charge >= 0.3 is 5.97 Å². The summed E-state index contributed by atoms with van der Waals surface area (Å²) in [5.41, 5.74) is 0. The third kappa shape index (κ3) is 25.5. The van der Waals surface area contributed by atoms with E-state index in [0.717, 1.165) is 25.7 Å². The molecule has 1 unspecified atom stereocenters. The van der Waals surface area contributed by atoms with Gasteiger partial charge in [0.1, 0.15) is 0 Å². The first-order valence-corrected chi connectivity index (χ1v) is 13.7. The number of unbranched alkanes of at least 4 members (excludes halogenated alkanes) is 22. The van der Waals surface area contributed by atoms with Crippen LogP contribution in [0.15, 0.2) is 0 Å². The van der Waals surface area contributed by atoms with Crippen LogP contribution in [0.25, 0.3) is 0 Å². The molecule has 0 aromatic carbocycles. The van der Waals surface area contributed by atoms with E-state index in [4.69, 9.17) is 10.2 Å². The number of aliphatic hydroxyl groups excluding tert-OH is 2. The van der Waals surface area contributed by atoms with Crippen LogP contribution in [0, 0.1) is 0 Å². The second-order valence-electron chi connectivity index (χ2n) is 9.50. The fourth-order valence-electron chi connectivity index (χ4n) is 4.29. The zero-order valence-corrected chi connectivity index (χ0v) is 20.5. The summed E-state index contributed by atoms with van der Waals surface area (Å²) in [5, 5.41) is 26.6. The van der Waals surface area contributed by atoms with Crippen LogP contribution in [-0.2, 0) is 4.79 Å². The Morgan fingerprint density at radius 2 is 0.677 bits per heavy atom. The Morgan fingerprint density at radius 1 is 0.452 bits per heavy atom. The first-order chi connectivity index (χ1) is 15.2. The minimum atomic E-state index is -1.17. The molecular formula is C27H54O4. The molecule has 0 saturated heterocycles. The van der Waals surface area contributed by atoms with Crippen molar-refractivity contribution in [2.75, 3.05) is 6.61 Å². The number of carboxylic acid groups (broad SMARTS) is 1. The van der Waals surface area contributed by atoms with E-state index in [1.165, 1.54) is 122 Å². The molecule has 31 heavy (non-hydrogen) atoms. The lowest BCUT2D eigenvalue weighted by Gasteiger charge is -2.05. The molecule has 186 valence electrons. The van der Waals surface area contributed by atoms with Gasteiger partial charge in [-0.25, -0.2) is 4.79 Å². The smallest absolute Gasteiger partial charge is 0.332 e. The highest BCUT2D eigenvalue weighted by Crippen LogP contribution is 2.15. The van der Waals surface area contributed by atoms with Crippen LogP contribution < -0.4 is 0 Å². The summed E-state index contributed by atoms with van der Waals surface area (Å²) < 4.78 is 0. The third-order valence-electron chi connectivity index (χ3n) is 6.42. The van der Waals surface area contributed by atoms with Crippen molar-refractivity contribution >= 4 is 5.97 Å². The average Bonchev–Trinajstić information content (AvgIpc) is 2.76. The van der Waals surface area contributed by atoms with Gasteiger partial charge in [-0.1, -0.05) is 141 Å². The normalized spacial score (nSPS) is 12.3. The summed E-state index contributed by atoms with van der Waals surface area (Å²) in [5.74, 6) is -1.09. The SMILES string of the molecule is O=C(O)C(O)CCCCCCCCCCCCCCCCCCCCCCCCCO. The van der Waals surface area contributed by atoms with Crippen LogP contribution in [0.5, 0.6) is 0 Å². The zero-order chi connectivity index (χ0) is 22.8. The molecule has 3 N–H and O–H groups in total. The number of aliphatic hydroxyl groups is 2.